The fourth-order valence-corrected chi connectivity index (χ4v) is 3.28. The molecule has 0 spiro atoms. The van der Waals surface area contributed by atoms with Crippen molar-refractivity contribution < 1.29 is 14.3 Å². The summed E-state index contributed by atoms with van der Waals surface area (Å²) in [5.41, 5.74) is 3.59. The highest BCUT2D eigenvalue weighted by Gasteiger charge is 2.26. The van der Waals surface area contributed by atoms with Gasteiger partial charge < -0.3 is 14.4 Å². The minimum Gasteiger partial charge on any atom is -0.497 e. The number of carbonyl (C=O) groups is 1. The summed E-state index contributed by atoms with van der Waals surface area (Å²) in [6.07, 6.45) is 0.795. The van der Waals surface area contributed by atoms with Crippen molar-refractivity contribution in [3.05, 3.63) is 89.1 Å². The van der Waals surface area contributed by atoms with E-state index in [4.69, 9.17) is 9.47 Å². The summed E-state index contributed by atoms with van der Waals surface area (Å²) >= 11 is 0. The first kappa shape index (κ1) is 18.0. The SMILES string of the molecule is COc1ccc(CN2CCc3ccc(OCc4ccccc4)nc3C2=O)cc1. The molecule has 0 aliphatic carbocycles. The second-order valence-corrected chi connectivity index (χ2v) is 6.76. The van der Waals surface area contributed by atoms with Crippen molar-refractivity contribution in [1.29, 1.82) is 0 Å². The highest BCUT2D eigenvalue weighted by atomic mass is 16.5. The standard InChI is InChI=1S/C23H22N2O3/c1-27-20-10-7-17(8-11-20)15-25-14-13-19-9-12-21(24-22(19)23(25)26)28-16-18-5-3-2-4-6-18/h2-12H,13-16H2,1H3. The van der Waals surface area contributed by atoms with E-state index in [1.807, 2.05) is 71.6 Å². The maximum atomic E-state index is 13.0. The lowest BCUT2D eigenvalue weighted by Gasteiger charge is -2.28. The van der Waals surface area contributed by atoms with Crippen LogP contribution in [0.3, 0.4) is 0 Å². The van der Waals surface area contributed by atoms with Crippen molar-refractivity contribution in [3.8, 4) is 11.6 Å². The molecule has 1 aromatic heterocycles. The molecule has 0 unspecified atom stereocenters. The number of aromatic nitrogens is 1. The van der Waals surface area contributed by atoms with E-state index in [-0.39, 0.29) is 5.91 Å². The number of hydrogen-bond donors (Lipinski definition) is 0. The fourth-order valence-electron chi connectivity index (χ4n) is 3.28. The Morgan fingerprint density at radius 1 is 0.964 bits per heavy atom. The van der Waals surface area contributed by atoms with Gasteiger partial charge in [0.2, 0.25) is 5.88 Å². The fraction of sp³-hybridized carbons (Fsp3) is 0.217. The molecule has 0 saturated carbocycles. The molecule has 142 valence electrons. The average Bonchev–Trinajstić information content (AvgIpc) is 2.75. The Morgan fingerprint density at radius 2 is 1.75 bits per heavy atom. The lowest BCUT2D eigenvalue weighted by atomic mass is 10.0. The van der Waals surface area contributed by atoms with Crippen LogP contribution < -0.4 is 9.47 Å². The molecule has 5 nitrogen and oxygen atoms in total. The van der Waals surface area contributed by atoms with E-state index in [9.17, 15) is 4.79 Å². The number of pyridine rings is 1. The summed E-state index contributed by atoms with van der Waals surface area (Å²) in [6, 6.07) is 21.5. The number of carbonyl (C=O) groups excluding carboxylic acids is 1. The van der Waals surface area contributed by atoms with E-state index < -0.39 is 0 Å². The largest absolute Gasteiger partial charge is 0.497 e. The van der Waals surface area contributed by atoms with Crippen LogP contribution in [0, 0.1) is 0 Å². The molecule has 0 saturated heterocycles. The molecule has 2 heterocycles. The molecule has 0 atom stereocenters. The summed E-state index contributed by atoms with van der Waals surface area (Å²) in [7, 11) is 1.64. The first-order chi connectivity index (χ1) is 13.7. The predicted molar refractivity (Wildman–Crippen MR) is 106 cm³/mol. The van der Waals surface area contributed by atoms with Crippen molar-refractivity contribution in [2.24, 2.45) is 0 Å². The van der Waals surface area contributed by atoms with Crippen molar-refractivity contribution in [2.45, 2.75) is 19.6 Å². The van der Waals surface area contributed by atoms with Gasteiger partial charge >= 0.3 is 0 Å². The minimum absolute atomic E-state index is 0.0535. The summed E-state index contributed by atoms with van der Waals surface area (Å²) in [5, 5.41) is 0. The Balaban J connectivity index is 1.46. The third-order valence-corrected chi connectivity index (χ3v) is 4.86. The molecule has 1 amide bonds. The maximum absolute atomic E-state index is 13.0. The van der Waals surface area contributed by atoms with Gasteiger partial charge in [-0.3, -0.25) is 4.79 Å². The van der Waals surface area contributed by atoms with Crippen LogP contribution in [0.2, 0.25) is 0 Å². The van der Waals surface area contributed by atoms with Gasteiger partial charge in [0.05, 0.1) is 7.11 Å². The van der Waals surface area contributed by atoms with Gasteiger partial charge in [0.1, 0.15) is 18.1 Å². The smallest absolute Gasteiger partial charge is 0.273 e. The van der Waals surface area contributed by atoms with Crippen molar-refractivity contribution in [3.63, 3.8) is 0 Å². The molecule has 0 N–H and O–H groups in total. The van der Waals surface area contributed by atoms with E-state index in [0.717, 1.165) is 28.9 Å². The molecule has 5 heteroatoms. The van der Waals surface area contributed by atoms with Gasteiger partial charge in [-0.1, -0.05) is 48.5 Å². The van der Waals surface area contributed by atoms with Crippen molar-refractivity contribution in [2.75, 3.05) is 13.7 Å². The van der Waals surface area contributed by atoms with Crippen molar-refractivity contribution >= 4 is 5.91 Å². The number of amides is 1. The number of nitrogens with zero attached hydrogens (tertiary/aromatic N) is 2. The van der Waals surface area contributed by atoms with Gasteiger partial charge in [-0.05, 0) is 35.2 Å². The zero-order chi connectivity index (χ0) is 19.3. The van der Waals surface area contributed by atoms with Gasteiger partial charge in [-0.15, -0.1) is 0 Å². The Bertz CT molecular complexity index is 955. The summed E-state index contributed by atoms with van der Waals surface area (Å²) in [5.74, 6) is 1.23. The van der Waals surface area contributed by atoms with Gasteiger partial charge in [-0.25, -0.2) is 4.98 Å². The Labute approximate surface area is 164 Å². The van der Waals surface area contributed by atoms with E-state index in [2.05, 4.69) is 4.98 Å². The number of hydrogen-bond acceptors (Lipinski definition) is 4. The van der Waals surface area contributed by atoms with Crippen LogP contribution in [0.5, 0.6) is 11.6 Å². The van der Waals surface area contributed by atoms with Gasteiger partial charge in [0.25, 0.3) is 5.91 Å². The lowest BCUT2D eigenvalue weighted by molar-refractivity contribution is 0.0718. The number of ether oxygens (including phenoxy) is 2. The number of methoxy groups -OCH3 is 1. The van der Waals surface area contributed by atoms with Gasteiger partial charge in [0.15, 0.2) is 0 Å². The van der Waals surface area contributed by atoms with Gasteiger partial charge in [-0.2, -0.15) is 0 Å². The van der Waals surface area contributed by atoms with E-state index in [1.54, 1.807) is 7.11 Å². The first-order valence-corrected chi connectivity index (χ1v) is 9.32. The number of benzene rings is 2. The molecule has 0 fully saturated rings. The summed E-state index contributed by atoms with van der Waals surface area (Å²) in [4.78, 5) is 19.3. The Hall–Kier alpha value is -3.34. The minimum atomic E-state index is -0.0535. The Morgan fingerprint density at radius 3 is 2.50 bits per heavy atom. The molecule has 0 bridgehead atoms. The zero-order valence-corrected chi connectivity index (χ0v) is 15.8. The van der Waals surface area contributed by atoms with Gasteiger partial charge in [0, 0.05) is 19.2 Å². The lowest BCUT2D eigenvalue weighted by Crippen LogP contribution is -2.37. The molecular weight excluding hydrogens is 352 g/mol. The second-order valence-electron chi connectivity index (χ2n) is 6.76. The molecule has 28 heavy (non-hydrogen) atoms. The number of fused-ring (bicyclic) bond motifs is 1. The topological polar surface area (TPSA) is 51.7 Å². The molecule has 0 radical (unpaired) electrons. The van der Waals surface area contributed by atoms with E-state index in [1.165, 1.54) is 0 Å². The highest BCUT2D eigenvalue weighted by molar-refractivity contribution is 5.95. The van der Waals surface area contributed by atoms with Crippen molar-refractivity contribution in [1.82, 2.24) is 9.88 Å². The normalized spacial score (nSPS) is 13.2. The average molecular weight is 374 g/mol. The molecule has 2 aromatic carbocycles. The predicted octanol–water partition coefficient (Wildman–Crippen LogP) is 3.87. The van der Waals surface area contributed by atoms with Crippen LogP contribution in [0.1, 0.15) is 27.2 Å². The van der Waals surface area contributed by atoms with E-state index >= 15 is 0 Å². The third-order valence-electron chi connectivity index (χ3n) is 4.86. The quantitative estimate of drug-likeness (QED) is 0.657. The van der Waals surface area contributed by atoms with Crippen LogP contribution in [-0.4, -0.2) is 29.4 Å². The van der Waals surface area contributed by atoms with Crippen LogP contribution in [-0.2, 0) is 19.6 Å². The highest BCUT2D eigenvalue weighted by Crippen LogP contribution is 2.23. The summed E-state index contributed by atoms with van der Waals surface area (Å²) < 4.78 is 11.0. The van der Waals surface area contributed by atoms with Crippen LogP contribution in [0.4, 0.5) is 0 Å². The Kier molecular flexibility index (Phi) is 5.24. The monoisotopic (exact) mass is 374 g/mol. The third kappa shape index (κ3) is 3.98. The van der Waals surface area contributed by atoms with Crippen LogP contribution in [0.25, 0.3) is 0 Å². The van der Waals surface area contributed by atoms with E-state index in [0.29, 0.717) is 31.3 Å². The molecule has 1 aliphatic rings. The molecule has 3 aromatic rings. The molecule has 1 aliphatic heterocycles. The first-order valence-electron chi connectivity index (χ1n) is 9.32. The summed E-state index contributed by atoms with van der Waals surface area (Å²) in [6.45, 7) is 1.67. The van der Waals surface area contributed by atoms with Crippen LogP contribution >= 0.6 is 0 Å². The molecular formula is C23H22N2O3. The number of rotatable bonds is 6. The molecule has 4 rings (SSSR count). The zero-order valence-electron chi connectivity index (χ0n) is 15.8. The maximum Gasteiger partial charge on any atom is 0.273 e. The second kappa shape index (κ2) is 8.13. The van der Waals surface area contributed by atoms with Crippen LogP contribution in [0.15, 0.2) is 66.7 Å².